The average Bonchev–Trinajstić information content (AvgIpc) is 2.53. The minimum Gasteiger partial charge on any atom is -0.450 e. The van der Waals surface area contributed by atoms with Crippen molar-refractivity contribution in [3.63, 3.8) is 0 Å². The summed E-state index contributed by atoms with van der Waals surface area (Å²) < 4.78 is 5.02. The summed E-state index contributed by atoms with van der Waals surface area (Å²) in [7, 11) is 0. The highest BCUT2D eigenvalue weighted by molar-refractivity contribution is 5.68. The summed E-state index contributed by atoms with van der Waals surface area (Å²) in [6.45, 7) is 9.93. The number of hydrogen-bond donors (Lipinski definition) is 1. The second kappa shape index (κ2) is 7.77. The van der Waals surface area contributed by atoms with Crippen LogP contribution in [-0.4, -0.2) is 65.5 Å². The van der Waals surface area contributed by atoms with Crippen LogP contribution in [0.15, 0.2) is 6.20 Å². The predicted molar refractivity (Wildman–Crippen MR) is 84.0 cm³/mol. The molecule has 2 heterocycles. The van der Waals surface area contributed by atoms with E-state index in [0.29, 0.717) is 44.7 Å². The number of hydrogen-bond acceptors (Lipinski definition) is 7. The van der Waals surface area contributed by atoms with Crippen molar-refractivity contribution in [1.29, 1.82) is 0 Å². The lowest BCUT2D eigenvalue weighted by atomic mass is 10.2. The van der Waals surface area contributed by atoms with E-state index in [9.17, 15) is 4.79 Å². The molecule has 122 valence electrons. The molecule has 8 heteroatoms. The third kappa shape index (κ3) is 4.44. The molecule has 0 aromatic carbocycles. The van der Waals surface area contributed by atoms with Gasteiger partial charge in [-0.15, -0.1) is 5.10 Å². The fourth-order valence-corrected chi connectivity index (χ4v) is 2.15. The first-order valence-corrected chi connectivity index (χ1v) is 7.70. The molecule has 1 N–H and O–H groups in total. The predicted octanol–water partition coefficient (Wildman–Crippen LogP) is 1.22. The van der Waals surface area contributed by atoms with Crippen LogP contribution < -0.4 is 10.2 Å². The van der Waals surface area contributed by atoms with Crippen molar-refractivity contribution in [3.05, 3.63) is 6.20 Å². The van der Waals surface area contributed by atoms with Crippen LogP contribution in [0.3, 0.4) is 0 Å². The van der Waals surface area contributed by atoms with Gasteiger partial charge in [0.2, 0.25) is 5.95 Å². The normalized spacial score (nSPS) is 15.1. The number of nitrogens with one attached hydrogen (secondary N) is 1. The maximum Gasteiger partial charge on any atom is 0.409 e. The van der Waals surface area contributed by atoms with Crippen molar-refractivity contribution in [2.75, 3.05) is 49.5 Å². The van der Waals surface area contributed by atoms with Gasteiger partial charge < -0.3 is 19.9 Å². The van der Waals surface area contributed by atoms with Gasteiger partial charge >= 0.3 is 6.09 Å². The quantitative estimate of drug-likeness (QED) is 0.875. The van der Waals surface area contributed by atoms with Gasteiger partial charge in [-0.05, 0) is 12.8 Å². The molecule has 0 atom stereocenters. The summed E-state index contributed by atoms with van der Waals surface area (Å²) in [6.07, 6.45) is 1.41. The van der Waals surface area contributed by atoms with Crippen molar-refractivity contribution >= 4 is 17.9 Å². The average molecular weight is 308 g/mol. The van der Waals surface area contributed by atoms with E-state index in [1.807, 2.05) is 6.92 Å². The van der Waals surface area contributed by atoms with Gasteiger partial charge in [-0.2, -0.15) is 10.1 Å². The fourth-order valence-electron chi connectivity index (χ4n) is 2.15. The molecule has 0 saturated carbocycles. The fraction of sp³-hybridized carbons (Fsp3) is 0.714. The van der Waals surface area contributed by atoms with Gasteiger partial charge in [0.25, 0.3) is 0 Å². The van der Waals surface area contributed by atoms with E-state index >= 15 is 0 Å². The lowest BCUT2D eigenvalue weighted by molar-refractivity contribution is 0.105. The summed E-state index contributed by atoms with van der Waals surface area (Å²) in [4.78, 5) is 20.0. The topological polar surface area (TPSA) is 83.5 Å². The Balaban J connectivity index is 1.91. The van der Waals surface area contributed by atoms with Gasteiger partial charge in [0.05, 0.1) is 12.8 Å². The van der Waals surface area contributed by atoms with Crippen molar-refractivity contribution in [3.8, 4) is 0 Å². The van der Waals surface area contributed by atoms with E-state index in [4.69, 9.17) is 4.74 Å². The molecule has 0 spiro atoms. The standard InChI is InChI=1S/C14H24N6O2/c1-4-22-14(21)20-7-5-19(6-8-20)12-10-16-18-13(17-12)15-9-11(2)3/h10-11H,4-9H2,1-3H3,(H,15,17,18). The Hall–Kier alpha value is -2.12. The zero-order chi connectivity index (χ0) is 15.9. The van der Waals surface area contributed by atoms with Crippen LogP contribution >= 0.6 is 0 Å². The molecule has 0 bridgehead atoms. The molecule has 0 aliphatic carbocycles. The van der Waals surface area contributed by atoms with E-state index in [-0.39, 0.29) is 6.09 Å². The highest BCUT2D eigenvalue weighted by atomic mass is 16.6. The molecule has 1 amide bonds. The number of anilines is 2. The SMILES string of the molecule is CCOC(=O)N1CCN(c2cnnc(NCC(C)C)n2)CC1. The molecule has 1 aromatic heterocycles. The molecule has 22 heavy (non-hydrogen) atoms. The van der Waals surface area contributed by atoms with E-state index < -0.39 is 0 Å². The van der Waals surface area contributed by atoms with Crippen molar-refractivity contribution in [2.45, 2.75) is 20.8 Å². The van der Waals surface area contributed by atoms with Crippen molar-refractivity contribution < 1.29 is 9.53 Å². The number of carbonyl (C=O) groups excluding carboxylic acids is 1. The van der Waals surface area contributed by atoms with E-state index in [0.717, 1.165) is 12.4 Å². The van der Waals surface area contributed by atoms with Crippen LogP contribution in [-0.2, 0) is 4.74 Å². The summed E-state index contributed by atoms with van der Waals surface area (Å²) in [5, 5.41) is 11.2. The Morgan fingerprint density at radius 3 is 2.73 bits per heavy atom. The third-order valence-corrected chi connectivity index (χ3v) is 3.34. The minimum atomic E-state index is -0.248. The molecule has 1 aromatic rings. The zero-order valence-corrected chi connectivity index (χ0v) is 13.4. The van der Waals surface area contributed by atoms with Gasteiger partial charge in [0.1, 0.15) is 0 Å². The molecular weight excluding hydrogens is 284 g/mol. The third-order valence-electron chi connectivity index (χ3n) is 3.34. The second-order valence-corrected chi connectivity index (χ2v) is 5.59. The Bertz CT molecular complexity index is 488. The Labute approximate surface area is 130 Å². The summed E-state index contributed by atoms with van der Waals surface area (Å²) in [5.41, 5.74) is 0. The summed E-state index contributed by atoms with van der Waals surface area (Å²) in [5.74, 6) is 1.84. The first-order valence-electron chi connectivity index (χ1n) is 7.70. The molecule has 1 aliphatic heterocycles. The Kier molecular flexibility index (Phi) is 5.74. The molecular formula is C14H24N6O2. The van der Waals surface area contributed by atoms with E-state index in [1.165, 1.54) is 0 Å². The molecule has 8 nitrogen and oxygen atoms in total. The number of amides is 1. The lowest BCUT2D eigenvalue weighted by Gasteiger charge is -2.34. The number of carbonyl (C=O) groups is 1. The first-order chi connectivity index (χ1) is 10.6. The molecule has 1 saturated heterocycles. The number of aromatic nitrogens is 3. The Morgan fingerprint density at radius 2 is 2.09 bits per heavy atom. The maximum absolute atomic E-state index is 11.7. The van der Waals surface area contributed by atoms with E-state index in [1.54, 1.807) is 11.1 Å². The molecule has 1 fully saturated rings. The van der Waals surface area contributed by atoms with Gasteiger partial charge in [-0.3, -0.25) is 0 Å². The van der Waals surface area contributed by atoms with Gasteiger partial charge in [-0.1, -0.05) is 13.8 Å². The monoisotopic (exact) mass is 308 g/mol. The van der Waals surface area contributed by atoms with Crippen LogP contribution in [0.25, 0.3) is 0 Å². The Morgan fingerprint density at radius 1 is 1.36 bits per heavy atom. The van der Waals surface area contributed by atoms with Crippen LogP contribution in [0.1, 0.15) is 20.8 Å². The summed E-state index contributed by atoms with van der Waals surface area (Å²) in [6, 6.07) is 0. The number of rotatable bonds is 5. The van der Waals surface area contributed by atoms with Crippen LogP contribution in [0.4, 0.5) is 16.6 Å². The largest absolute Gasteiger partial charge is 0.450 e. The smallest absolute Gasteiger partial charge is 0.409 e. The molecule has 0 radical (unpaired) electrons. The molecule has 1 aliphatic rings. The number of piperazine rings is 1. The maximum atomic E-state index is 11.7. The van der Waals surface area contributed by atoms with Gasteiger partial charge in [-0.25, -0.2) is 4.79 Å². The summed E-state index contributed by atoms with van der Waals surface area (Å²) >= 11 is 0. The van der Waals surface area contributed by atoms with Crippen LogP contribution in [0.2, 0.25) is 0 Å². The number of ether oxygens (including phenoxy) is 1. The second-order valence-electron chi connectivity index (χ2n) is 5.59. The lowest BCUT2D eigenvalue weighted by Crippen LogP contribution is -2.49. The highest BCUT2D eigenvalue weighted by Gasteiger charge is 2.23. The first kappa shape index (κ1) is 16.3. The minimum absolute atomic E-state index is 0.248. The zero-order valence-electron chi connectivity index (χ0n) is 13.4. The number of nitrogens with zero attached hydrogens (tertiary/aromatic N) is 5. The van der Waals surface area contributed by atoms with Crippen molar-refractivity contribution in [1.82, 2.24) is 20.1 Å². The van der Waals surface area contributed by atoms with E-state index in [2.05, 4.69) is 39.2 Å². The molecule has 0 unspecified atom stereocenters. The van der Waals surface area contributed by atoms with Crippen molar-refractivity contribution in [2.24, 2.45) is 5.92 Å². The molecule has 2 rings (SSSR count). The van der Waals surface area contributed by atoms with Gasteiger partial charge in [0.15, 0.2) is 5.82 Å². The van der Waals surface area contributed by atoms with Crippen LogP contribution in [0, 0.1) is 5.92 Å². The van der Waals surface area contributed by atoms with Gasteiger partial charge in [0, 0.05) is 32.7 Å². The van der Waals surface area contributed by atoms with Crippen LogP contribution in [0.5, 0.6) is 0 Å². The highest BCUT2D eigenvalue weighted by Crippen LogP contribution is 2.14.